The molecule has 0 N–H and O–H groups in total. The van der Waals surface area contributed by atoms with Gasteiger partial charge in [-0.3, -0.25) is 0 Å². The van der Waals surface area contributed by atoms with Crippen LogP contribution in [0.25, 0.3) is 87.7 Å². The van der Waals surface area contributed by atoms with Gasteiger partial charge in [-0.05, 0) is 87.6 Å². The number of para-hydroxylation sites is 1. The summed E-state index contributed by atoms with van der Waals surface area (Å²) in [7, 11) is 0. The number of furan rings is 2. The van der Waals surface area contributed by atoms with Crippen molar-refractivity contribution in [1.82, 2.24) is 0 Å². The average Bonchev–Trinajstić information content (AvgIpc) is 3.79. The van der Waals surface area contributed by atoms with Crippen molar-refractivity contribution in [2.24, 2.45) is 0 Å². The predicted octanol–water partition coefficient (Wildman–Crippen LogP) is 14.6. The Balaban J connectivity index is 1.10. The summed E-state index contributed by atoms with van der Waals surface area (Å²) in [5, 5.41) is 9.05. The van der Waals surface area contributed by atoms with E-state index in [1.54, 1.807) is 0 Å². The lowest BCUT2D eigenvalue weighted by Gasteiger charge is -2.27. The first-order chi connectivity index (χ1) is 26.3. The van der Waals surface area contributed by atoms with E-state index in [9.17, 15) is 0 Å². The number of anilines is 3. The second kappa shape index (κ2) is 11.7. The summed E-state index contributed by atoms with van der Waals surface area (Å²) in [6.45, 7) is 0. The number of hydrogen-bond donors (Lipinski definition) is 0. The van der Waals surface area contributed by atoms with Crippen LogP contribution in [0.15, 0.2) is 197 Å². The highest BCUT2D eigenvalue weighted by molar-refractivity contribution is 6.20. The molecule has 53 heavy (non-hydrogen) atoms. The normalized spacial score (nSPS) is 11.8. The number of nitrogens with zero attached hydrogens (tertiary/aromatic N) is 1. The van der Waals surface area contributed by atoms with E-state index in [2.05, 4.69) is 181 Å². The Kier molecular flexibility index (Phi) is 6.55. The molecule has 3 nitrogen and oxygen atoms in total. The Morgan fingerprint density at radius 2 is 0.925 bits per heavy atom. The van der Waals surface area contributed by atoms with Crippen LogP contribution in [0.5, 0.6) is 0 Å². The molecule has 0 aliphatic heterocycles. The second-order valence-corrected chi connectivity index (χ2v) is 13.7. The summed E-state index contributed by atoms with van der Waals surface area (Å²) in [6, 6.07) is 66.7. The van der Waals surface area contributed by atoms with E-state index < -0.39 is 0 Å². The van der Waals surface area contributed by atoms with E-state index in [1.807, 2.05) is 12.1 Å². The van der Waals surface area contributed by atoms with Gasteiger partial charge in [0.05, 0.1) is 5.69 Å². The predicted molar refractivity (Wildman–Crippen MR) is 222 cm³/mol. The Morgan fingerprint density at radius 1 is 0.321 bits per heavy atom. The maximum absolute atomic E-state index is 6.85. The Hall–Kier alpha value is -7.10. The molecule has 9 aromatic carbocycles. The van der Waals surface area contributed by atoms with Gasteiger partial charge in [-0.25, -0.2) is 0 Å². The fraction of sp³-hybridized carbons (Fsp3) is 0. The van der Waals surface area contributed by atoms with Crippen LogP contribution in [0, 0.1) is 0 Å². The SMILES string of the molecule is c1ccc(-c2ccc(N(c3ccc4c(c3)oc3c5ccccc5c(-c5ccc6c(c5)oc5ccccc56)cc43)c3cccc4ccccc34)cc2)cc1. The largest absolute Gasteiger partial charge is 0.456 e. The van der Waals surface area contributed by atoms with Crippen molar-refractivity contribution in [1.29, 1.82) is 0 Å². The van der Waals surface area contributed by atoms with Gasteiger partial charge in [0.2, 0.25) is 0 Å². The smallest absolute Gasteiger partial charge is 0.143 e. The minimum absolute atomic E-state index is 0.846. The van der Waals surface area contributed by atoms with Crippen molar-refractivity contribution in [3.05, 3.63) is 188 Å². The van der Waals surface area contributed by atoms with Gasteiger partial charge in [0, 0.05) is 49.8 Å². The van der Waals surface area contributed by atoms with Gasteiger partial charge in [0.15, 0.2) is 0 Å². The van der Waals surface area contributed by atoms with Gasteiger partial charge in [-0.1, -0.05) is 127 Å². The van der Waals surface area contributed by atoms with E-state index >= 15 is 0 Å². The fourth-order valence-corrected chi connectivity index (χ4v) is 8.12. The van der Waals surface area contributed by atoms with E-state index in [1.165, 1.54) is 21.9 Å². The first-order valence-corrected chi connectivity index (χ1v) is 18.0. The first kappa shape index (κ1) is 29.6. The first-order valence-electron chi connectivity index (χ1n) is 18.0. The molecular weight excluding hydrogens is 647 g/mol. The van der Waals surface area contributed by atoms with Crippen LogP contribution in [-0.4, -0.2) is 0 Å². The molecule has 0 atom stereocenters. The minimum Gasteiger partial charge on any atom is -0.456 e. The molecule has 0 aliphatic carbocycles. The van der Waals surface area contributed by atoms with E-state index in [0.717, 1.165) is 82.8 Å². The van der Waals surface area contributed by atoms with Gasteiger partial charge >= 0.3 is 0 Å². The summed E-state index contributed by atoms with van der Waals surface area (Å²) in [6.07, 6.45) is 0. The van der Waals surface area contributed by atoms with Gasteiger partial charge in [-0.2, -0.15) is 0 Å². The lowest BCUT2D eigenvalue weighted by atomic mass is 9.94. The molecule has 2 heterocycles. The monoisotopic (exact) mass is 677 g/mol. The molecule has 3 heteroatoms. The van der Waals surface area contributed by atoms with E-state index in [4.69, 9.17) is 8.83 Å². The molecule has 0 fully saturated rings. The number of rotatable bonds is 5. The van der Waals surface area contributed by atoms with Gasteiger partial charge in [0.25, 0.3) is 0 Å². The van der Waals surface area contributed by atoms with Gasteiger partial charge in [0.1, 0.15) is 22.3 Å². The zero-order valence-electron chi connectivity index (χ0n) is 28.7. The van der Waals surface area contributed by atoms with E-state index in [-0.39, 0.29) is 0 Å². The maximum atomic E-state index is 6.85. The molecule has 11 rings (SSSR count). The van der Waals surface area contributed by atoms with Crippen molar-refractivity contribution < 1.29 is 8.83 Å². The standard InChI is InChI=1S/C50H31NO2/c1-2-11-32(12-3-1)33-21-24-36(25-22-33)51(46-19-10-14-34-13-4-5-15-38(34)46)37-26-28-42-45-31-44(39-16-6-7-18-43(39)50(45)53-49(42)30-37)35-23-27-41-40-17-8-9-20-47(40)52-48(41)29-35/h1-31H. The van der Waals surface area contributed by atoms with Gasteiger partial charge in [-0.15, -0.1) is 0 Å². The third-order valence-electron chi connectivity index (χ3n) is 10.7. The highest BCUT2D eigenvalue weighted by atomic mass is 16.3. The minimum atomic E-state index is 0.846. The van der Waals surface area contributed by atoms with Crippen molar-refractivity contribution in [2.75, 3.05) is 4.90 Å². The maximum Gasteiger partial charge on any atom is 0.143 e. The molecular formula is C50H31NO2. The zero-order valence-corrected chi connectivity index (χ0v) is 28.7. The van der Waals surface area contributed by atoms with Crippen LogP contribution in [0.4, 0.5) is 17.1 Å². The molecule has 0 amide bonds. The van der Waals surface area contributed by atoms with Crippen molar-refractivity contribution in [3.63, 3.8) is 0 Å². The summed E-state index contributed by atoms with van der Waals surface area (Å²) >= 11 is 0. The topological polar surface area (TPSA) is 29.5 Å². The average molecular weight is 678 g/mol. The molecule has 248 valence electrons. The zero-order chi connectivity index (χ0) is 34.9. The molecule has 11 aromatic rings. The van der Waals surface area contributed by atoms with Crippen LogP contribution in [-0.2, 0) is 0 Å². The lowest BCUT2D eigenvalue weighted by molar-refractivity contribution is 0.669. The molecule has 2 aromatic heterocycles. The number of fused-ring (bicyclic) bond motifs is 9. The molecule has 0 saturated heterocycles. The molecule has 0 saturated carbocycles. The number of benzene rings is 9. The van der Waals surface area contributed by atoms with Crippen LogP contribution in [0.1, 0.15) is 0 Å². The highest BCUT2D eigenvalue weighted by Gasteiger charge is 2.20. The Labute approximate surface area is 305 Å². The quantitative estimate of drug-likeness (QED) is 0.182. The van der Waals surface area contributed by atoms with Crippen LogP contribution in [0.2, 0.25) is 0 Å². The molecule has 0 unspecified atom stereocenters. The van der Waals surface area contributed by atoms with Crippen molar-refractivity contribution >= 4 is 82.5 Å². The van der Waals surface area contributed by atoms with E-state index in [0.29, 0.717) is 0 Å². The number of hydrogen-bond acceptors (Lipinski definition) is 3. The third kappa shape index (κ3) is 4.75. The van der Waals surface area contributed by atoms with Crippen molar-refractivity contribution in [3.8, 4) is 22.3 Å². The van der Waals surface area contributed by atoms with Crippen LogP contribution in [0.3, 0.4) is 0 Å². The second-order valence-electron chi connectivity index (χ2n) is 13.7. The summed E-state index contributed by atoms with van der Waals surface area (Å²) in [5.74, 6) is 0. The summed E-state index contributed by atoms with van der Waals surface area (Å²) in [4.78, 5) is 2.34. The molecule has 0 radical (unpaired) electrons. The molecule has 0 aliphatic rings. The van der Waals surface area contributed by atoms with Crippen molar-refractivity contribution in [2.45, 2.75) is 0 Å². The molecule has 0 bridgehead atoms. The Bertz CT molecular complexity index is 3160. The van der Waals surface area contributed by atoms with Crippen LogP contribution < -0.4 is 4.90 Å². The molecule has 0 spiro atoms. The van der Waals surface area contributed by atoms with Crippen LogP contribution >= 0.6 is 0 Å². The Morgan fingerprint density at radius 3 is 1.79 bits per heavy atom. The lowest BCUT2D eigenvalue weighted by Crippen LogP contribution is -2.10. The summed E-state index contributed by atoms with van der Waals surface area (Å²) in [5.41, 5.74) is 11.4. The summed E-state index contributed by atoms with van der Waals surface area (Å²) < 4.78 is 13.2. The van der Waals surface area contributed by atoms with Gasteiger partial charge < -0.3 is 13.7 Å². The highest BCUT2D eigenvalue weighted by Crippen LogP contribution is 2.45. The fourth-order valence-electron chi connectivity index (χ4n) is 8.12. The third-order valence-corrected chi connectivity index (χ3v) is 10.7.